The third-order valence-electron chi connectivity index (χ3n) is 1.47. The maximum Gasteiger partial charge on any atom is 0.0851 e. The maximum absolute atomic E-state index is 8.50. The first-order valence-electron chi connectivity index (χ1n) is 3.29. The van der Waals surface area contributed by atoms with Crippen molar-refractivity contribution in [1.82, 2.24) is 0 Å². The van der Waals surface area contributed by atoms with E-state index in [9.17, 15) is 0 Å². The van der Waals surface area contributed by atoms with E-state index in [0.717, 1.165) is 10.0 Å². The van der Waals surface area contributed by atoms with Crippen LogP contribution in [-0.2, 0) is 0 Å². The molecular formula is C8H7BrClNO. The van der Waals surface area contributed by atoms with Gasteiger partial charge in [-0.3, -0.25) is 0 Å². The molecule has 0 heterocycles. The Labute approximate surface area is 84.0 Å². The SMILES string of the molecule is CC(=NO)c1ccc(Br)cc1Cl. The average molecular weight is 249 g/mol. The molecule has 0 bridgehead atoms. The Bertz CT molecular complexity index is 325. The Hall–Kier alpha value is -0.540. The quantitative estimate of drug-likeness (QED) is 0.462. The molecule has 0 saturated carbocycles. The van der Waals surface area contributed by atoms with Crippen LogP contribution in [-0.4, -0.2) is 10.9 Å². The van der Waals surface area contributed by atoms with Crippen LogP contribution in [0.1, 0.15) is 12.5 Å². The van der Waals surface area contributed by atoms with Gasteiger partial charge >= 0.3 is 0 Å². The van der Waals surface area contributed by atoms with Gasteiger partial charge in [-0.2, -0.15) is 0 Å². The van der Waals surface area contributed by atoms with Crippen LogP contribution in [0, 0.1) is 0 Å². The topological polar surface area (TPSA) is 32.6 Å². The molecule has 0 aliphatic carbocycles. The van der Waals surface area contributed by atoms with Crippen molar-refractivity contribution in [2.75, 3.05) is 0 Å². The van der Waals surface area contributed by atoms with E-state index in [-0.39, 0.29) is 0 Å². The summed E-state index contributed by atoms with van der Waals surface area (Å²) in [5.41, 5.74) is 1.25. The summed E-state index contributed by atoms with van der Waals surface area (Å²) in [6, 6.07) is 5.39. The maximum atomic E-state index is 8.50. The lowest BCUT2D eigenvalue weighted by Gasteiger charge is -2.01. The number of oxime groups is 1. The van der Waals surface area contributed by atoms with Gasteiger partial charge in [-0.15, -0.1) is 0 Å². The third kappa shape index (κ3) is 1.99. The van der Waals surface area contributed by atoms with Crippen molar-refractivity contribution in [3.8, 4) is 0 Å². The summed E-state index contributed by atoms with van der Waals surface area (Å²) in [6.45, 7) is 1.69. The molecule has 0 fully saturated rings. The molecule has 0 aromatic heterocycles. The summed E-state index contributed by atoms with van der Waals surface area (Å²) in [4.78, 5) is 0. The first kappa shape index (κ1) is 9.55. The van der Waals surface area contributed by atoms with Gasteiger partial charge in [0.1, 0.15) is 0 Å². The van der Waals surface area contributed by atoms with E-state index in [4.69, 9.17) is 16.8 Å². The molecule has 0 unspecified atom stereocenters. The van der Waals surface area contributed by atoms with Crippen molar-refractivity contribution in [2.24, 2.45) is 5.16 Å². The van der Waals surface area contributed by atoms with Crippen LogP contribution >= 0.6 is 27.5 Å². The summed E-state index contributed by atoms with van der Waals surface area (Å²) in [7, 11) is 0. The van der Waals surface area contributed by atoms with Crippen molar-refractivity contribution < 1.29 is 5.21 Å². The number of nitrogens with zero attached hydrogens (tertiary/aromatic N) is 1. The Morgan fingerprint density at radius 3 is 2.75 bits per heavy atom. The molecule has 64 valence electrons. The summed E-state index contributed by atoms with van der Waals surface area (Å²) < 4.78 is 0.905. The fourth-order valence-electron chi connectivity index (χ4n) is 0.837. The van der Waals surface area contributed by atoms with E-state index >= 15 is 0 Å². The van der Waals surface area contributed by atoms with E-state index in [1.54, 1.807) is 19.1 Å². The Kier molecular flexibility index (Phi) is 3.12. The second-order valence-electron chi connectivity index (χ2n) is 2.31. The Morgan fingerprint density at radius 2 is 2.25 bits per heavy atom. The average Bonchev–Trinajstić information content (AvgIpc) is 2.03. The summed E-state index contributed by atoms with van der Waals surface area (Å²) in [5.74, 6) is 0. The van der Waals surface area contributed by atoms with E-state index in [0.29, 0.717) is 10.7 Å². The van der Waals surface area contributed by atoms with Crippen LogP contribution in [0.5, 0.6) is 0 Å². The molecule has 4 heteroatoms. The molecule has 0 aliphatic heterocycles. The molecule has 12 heavy (non-hydrogen) atoms. The molecule has 2 nitrogen and oxygen atoms in total. The lowest BCUT2D eigenvalue weighted by molar-refractivity contribution is 0.319. The predicted molar refractivity (Wildman–Crippen MR) is 53.1 cm³/mol. The fourth-order valence-corrected chi connectivity index (χ4v) is 1.65. The minimum atomic E-state index is 0.507. The zero-order chi connectivity index (χ0) is 9.14. The predicted octanol–water partition coefficient (Wildman–Crippen LogP) is 3.30. The van der Waals surface area contributed by atoms with Crippen LogP contribution in [0.2, 0.25) is 5.02 Å². The molecule has 1 N–H and O–H groups in total. The number of rotatable bonds is 1. The standard InChI is InChI=1S/C8H7BrClNO/c1-5(11-12)7-3-2-6(9)4-8(7)10/h2-4,12H,1H3. The molecule has 0 aliphatic rings. The highest BCUT2D eigenvalue weighted by atomic mass is 79.9. The van der Waals surface area contributed by atoms with Crippen molar-refractivity contribution in [2.45, 2.75) is 6.92 Å². The number of halogens is 2. The number of benzene rings is 1. The van der Waals surface area contributed by atoms with Gasteiger partial charge < -0.3 is 5.21 Å². The van der Waals surface area contributed by atoms with Crippen molar-refractivity contribution in [1.29, 1.82) is 0 Å². The number of hydrogen-bond donors (Lipinski definition) is 1. The molecule has 0 saturated heterocycles. The van der Waals surface area contributed by atoms with Gasteiger partial charge in [0.05, 0.1) is 10.7 Å². The molecule has 0 spiro atoms. The van der Waals surface area contributed by atoms with Crippen LogP contribution in [0.25, 0.3) is 0 Å². The van der Waals surface area contributed by atoms with Crippen LogP contribution in [0.15, 0.2) is 27.8 Å². The molecule has 0 atom stereocenters. The molecule has 1 aromatic carbocycles. The Morgan fingerprint density at radius 1 is 1.58 bits per heavy atom. The van der Waals surface area contributed by atoms with Crippen molar-refractivity contribution in [3.63, 3.8) is 0 Å². The van der Waals surface area contributed by atoms with Crippen LogP contribution < -0.4 is 0 Å². The van der Waals surface area contributed by atoms with Gasteiger partial charge in [-0.25, -0.2) is 0 Å². The molecular weight excluding hydrogens is 241 g/mol. The van der Waals surface area contributed by atoms with Gasteiger partial charge in [0.2, 0.25) is 0 Å². The number of hydrogen-bond acceptors (Lipinski definition) is 2. The van der Waals surface area contributed by atoms with E-state index in [2.05, 4.69) is 21.1 Å². The highest BCUT2D eigenvalue weighted by Gasteiger charge is 2.03. The summed E-state index contributed by atoms with van der Waals surface area (Å²) in [5, 5.41) is 12.1. The second-order valence-corrected chi connectivity index (χ2v) is 3.63. The molecule has 0 amide bonds. The third-order valence-corrected chi connectivity index (χ3v) is 2.28. The minimum absolute atomic E-state index is 0.507. The summed E-state index contributed by atoms with van der Waals surface area (Å²) >= 11 is 9.16. The smallest absolute Gasteiger partial charge is 0.0851 e. The summed E-state index contributed by atoms with van der Waals surface area (Å²) in [6.07, 6.45) is 0. The van der Waals surface area contributed by atoms with E-state index < -0.39 is 0 Å². The van der Waals surface area contributed by atoms with Gasteiger partial charge in [0, 0.05) is 10.0 Å². The van der Waals surface area contributed by atoms with Crippen molar-refractivity contribution in [3.05, 3.63) is 33.3 Å². The highest BCUT2D eigenvalue weighted by molar-refractivity contribution is 9.10. The van der Waals surface area contributed by atoms with Gasteiger partial charge in [-0.05, 0) is 19.1 Å². The van der Waals surface area contributed by atoms with E-state index in [1.165, 1.54) is 0 Å². The largest absolute Gasteiger partial charge is 0.411 e. The van der Waals surface area contributed by atoms with Crippen LogP contribution in [0.3, 0.4) is 0 Å². The zero-order valence-corrected chi connectivity index (χ0v) is 8.72. The molecule has 0 radical (unpaired) electrons. The lowest BCUT2D eigenvalue weighted by Crippen LogP contribution is -1.94. The normalized spacial score (nSPS) is 11.8. The van der Waals surface area contributed by atoms with E-state index in [1.807, 2.05) is 6.07 Å². The molecule has 1 aromatic rings. The first-order valence-corrected chi connectivity index (χ1v) is 4.46. The monoisotopic (exact) mass is 247 g/mol. The van der Waals surface area contributed by atoms with Gasteiger partial charge in [0.25, 0.3) is 0 Å². The van der Waals surface area contributed by atoms with Gasteiger partial charge in [0.15, 0.2) is 0 Å². The second kappa shape index (κ2) is 3.92. The van der Waals surface area contributed by atoms with Crippen molar-refractivity contribution >= 4 is 33.2 Å². The van der Waals surface area contributed by atoms with Gasteiger partial charge in [-0.1, -0.05) is 38.8 Å². The zero-order valence-electron chi connectivity index (χ0n) is 6.38. The fraction of sp³-hybridized carbons (Fsp3) is 0.125. The Balaban J connectivity index is 3.18. The van der Waals surface area contributed by atoms with Crippen LogP contribution in [0.4, 0.5) is 0 Å². The molecule has 1 rings (SSSR count). The minimum Gasteiger partial charge on any atom is -0.411 e. The lowest BCUT2D eigenvalue weighted by atomic mass is 10.1. The highest BCUT2D eigenvalue weighted by Crippen LogP contribution is 2.21. The first-order chi connectivity index (χ1) is 5.65.